The van der Waals surface area contributed by atoms with Gasteiger partial charge >= 0.3 is 0 Å². The van der Waals surface area contributed by atoms with Crippen LogP contribution in [0.15, 0.2) is 24.3 Å². The Balaban J connectivity index is 2.19. The van der Waals surface area contributed by atoms with Crippen molar-refractivity contribution in [2.45, 2.75) is 13.0 Å². The first-order valence-electron chi connectivity index (χ1n) is 6.09. The summed E-state index contributed by atoms with van der Waals surface area (Å²) in [5, 5.41) is 0. The summed E-state index contributed by atoms with van der Waals surface area (Å²) in [5.41, 5.74) is 6.51. The molecule has 1 heterocycles. The maximum Gasteiger partial charge on any atom is 0.253 e. The molecular formula is C13H18N2O3. The Morgan fingerprint density at radius 2 is 2.17 bits per heavy atom. The van der Waals surface area contributed by atoms with Gasteiger partial charge in [0.1, 0.15) is 12.4 Å². The lowest BCUT2D eigenvalue weighted by atomic mass is 10.1. The van der Waals surface area contributed by atoms with Gasteiger partial charge in [-0.1, -0.05) is 0 Å². The number of nitrogens with two attached hydrogens (primary N) is 1. The van der Waals surface area contributed by atoms with Gasteiger partial charge in [-0.05, 0) is 31.2 Å². The fourth-order valence-corrected chi connectivity index (χ4v) is 2.03. The van der Waals surface area contributed by atoms with Crippen molar-refractivity contribution < 1.29 is 14.3 Å². The van der Waals surface area contributed by atoms with Crippen molar-refractivity contribution in [3.63, 3.8) is 0 Å². The van der Waals surface area contributed by atoms with Crippen LogP contribution in [-0.2, 0) is 9.53 Å². The van der Waals surface area contributed by atoms with Gasteiger partial charge in [0.25, 0.3) is 5.91 Å². The van der Waals surface area contributed by atoms with Gasteiger partial charge in [-0.15, -0.1) is 0 Å². The average Bonchev–Trinajstić information content (AvgIpc) is 2.40. The molecule has 1 aliphatic rings. The minimum absolute atomic E-state index is 0.0548. The Labute approximate surface area is 106 Å². The van der Waals surface area contributed by atoms with E-state index in [2.05, 4.69) is 0 Å². The Bertz CT molecular complexity index is 405. The Kier molecular flexibility index (Phi) is 4.17. The second-order valence-electron chi connectivity index (χ2n) is 4.10. The fourth-order valence-electron chi connectivity index (χ4n) is 2.03. The van der Waals surface area contributed by atoms with Gasteiger partial charge in [-0.25, -0.2) is 0 Å². The number of carbonyl (C=O) groups excluding carboxylic acids is 1. The van der Waals surface area contributed by atoms with E-state index in [9.17, 15) is 4.79 Å². The topological polar surface area (TPSA) is 64.8 Å². The van der Waals surface area contributed by atoms with Gasteiger partial charge in [0.05, 0.1) is 19.3 Å². The van der Waals surface area contributed by atoms with Crippen LogP contribution < -0.4 is 15.4 Å². The summed E-state index contributed by atoms with van der Waals surface area (Å²) in [4.78, 5) is 13.6. The molecule has 1 unspecified atom stereocenters. The molecule has 5 heteroatoms. The van der Waals surface area contributed by atoms with Gasteiger partial charge in [0, 0.05) is 12.2 Å². The lowest BCUT2D eigenvalue weighted by Gasteiger charge is -2.34. The van der Waals surface area contributed by atoms with E-state index in [1.165, 1.54) is 0 Å². The summed E-state index contributed by atoms with van der Waals surface area (Å²) in [7, 11) is 0. The molecule has 2 rings (SSSR count). The molecule has 2 N–H and O–H groups in total. The minimum atomic E-state index is -0.0933. The third-order valence-corrected chi connectivity index (χ3v) is 2.87. The van der Waals surface area contributed by atoms with E-state index < -0.39 is 0 Å². The minimum Gasteiger partial charge on any atom is -0.494 e. The standard InChI is InChI=1S/C13H18N2O3/c1-2-18-12-5-3-10(4-6-12)15-11(7-14)8-17-9-13(15)16/h3-6,11H,2,7-9,14H2,1H3. The number of anilines is 1. The Morgan fingerprint density at radius 3 is 2.78 bits per heavy atom. The normalized spacial score (nSPS) is 20.0. The van der Waals surface area contributed by atoms with Crippen LogP contribution in [0.5, 0.6) is 5.75 Å². The summed E-state index contributed by atoms with van der Waals surface area (Å²) < 4.78 is 10.6. The predicted molar refractivity (Wildman–Crippen MR) is 68.8 cm³/mol. The molecule has 18 heavy (non-hydrogen) atoms. The molecule has 0 aliphatic carbocycles. The largest absolute Gasteiger partial charge is 0.494 e. The second-order valence-corrected chi connectivity index (χ2v) is 4.10. The van der Waals surface area contributed by atoms with Gasteiger partial charge in [0.15, 0.2) is 0 Å². The molecule has 1 fully saturated rings. The number of hydrogen-bond acceptors (Lipinski definition) is 4. The summed E-state index contributed by atoms with van der Waals surface area (Å²) in [6, 6.07) is 7.36. The first-order valence-corrected chi connectivity index (χ1v) is 6.09. The maximum atomic E-state index is 11.9. The molecule has 1 aliphatic heterocycles. The quantitative estimate of drug-likeness (QED) is 0.857. The number of hydrogen-bond donors (Lipinski definition) is 1. The fraction of sp³-hybridized carbons (Fsp3) is 0.462. The van der Waals surface area contributed by atoms with Gasteiger partial charge in [0.2, 0.25) is 0 Å². The van der Waals surface area contributed by atoms with Crippen molar-refractivity contribution in [3.05, 3.63) is 24.3 Å². The molecule has 0 saturated carbocycles. The molecule has 5 nitrogen and oxygen atoms in total. The first-order chi connectivity index (χ1) is 8.76. The Morgan fingerprint density at radius 1 is 1.44 bits per heavy atom. The lowest BCUT2D eigenvalue weighted by Crippen LogP contribution is -2.53. The lowest BCUT2D eigenvalue weighted by molar-refractivity contribution is -0.127. The molecule has 0 radical (unpaired) electrons. The van der Waals surface area contributed by atoms with Gasteiger partial charge in [-0.3, -0.25) is 4.79 Å². The van der Waals surface area contributed by atoms with E-state index in [0.717, 1.165) is 11.4 Å². The van der Waals surface area contributed by atoms with Crippen molar-refractivity contribution in [2.75, 3.05) is 31.3 Å². The number of benzene rings is 1. The van der Waals surface area contributed by atoms with E-state index in [1.54, 1.807) is 4.90 Å². The van der Waals surface area contributed by atoms with Crippen LogP contribution in [0.2, 0.25) is 0 Å². The van der Waals surface area contributed by atoms with Crippen LogP contribution >= 0.6 is 0 Å². The van der Waals surface area contributed by atoms with Crippen molar-refractivity contribution in [1.82, 2.24) is 0 Å². The van der Waals surface area contributed by atoms with Crippen molar-refractivity contribution in [2.24, 2.45) is 5.73 Å². The number of morpholine rings is 1. The number of rotatable bonds is 4. The van der Waals surface area contributed by atoms with Gasteiger partial charge < -0.3 is 20.1 Å². The highest BCUT2D eigenvalue weighted by atomic mass is 16.5. The molecule has 1 aromatic carbocycles. The van der Waals surface area contributed by atoms with E-state index >= 15 is 0 Å². The van der Waals surface area contributed by atoms with Gasteiger partial charge in [-0.2, -0.15) is 0 Å². The molecule has 0 bridgehead atoms. The van der Waals surface area contributed by atoms with Crippen molar-refractivity contribution >= 4 is 11.6 Å². The van der Waals surface area contributed by atoms with Crippen molar-refractivity contribution in [3.8, 4) is 5.75 Å². The molecule has 0 spiro atoms. The molecule has 98 valence electrons. The molecule has 1 aromatic rings. The number of carbonyl (C=O) groups is 1. The zero-order chi connectivity index (χ0) is 13.0. The molecule has 1 amide bonds. The summed E-state index contributed by atoms with van der Waals surface area (Å²) >= 11 is 0. The van der Waals surface area contributed by atoms with E-state index in [1.807, 2.05) is 31.2 Å². The maximum absolute atomic E-state index is 11.9. The zero-order valence-corrected chi connectivity index (χ0v) is 10.5. The van der Waals surface area contributed by atoms with Crippen LogP contribution in [0, 0.1) is 0 Å². The van der Waals surface area contributed by atoms with Crippen LogP contribution in [0.3, 0.4) is 0 Å². The highest BCUT2D eigenvalue weighted by Gasteiger charge is 2.28. The molecular weight excluding hydrogens is 232 g/mol. The first kappa shape index (κ1) is 12.9. The molecule has 0 aromatic heterocycles. The Hall–Kier alpha value is -1.59. The number of ether oxygens (including phenoxy) is 2. The average molecular weight is 250 g/mol. The molecule has 1 saturated heterocycles. The van der Waals surface area contributed by atoms with Crippen LogP contribution in [-0.4, -0.2) is 38.3 Å². The summed E-state index contributed by atoms with van der Waals surface area (Å²) in [5.74, 6) is 0.743. The van der Waals surface area contributed by atoms with E-state index in [-0.39, 0.29) is 18.6 Å². The van der Waals surface area contributed by atoms with Crippen molar-refractivity contribution in [1.29, 1.82) is 0 Å². The zero-order valence-electron chi connectivity index (χ0n) is 10.5. The summed E-state index contributed by atoms with van der Waals surface area (Å²) in [6.07, 6.45) is 0. The highest BCUT2D eigenvalue weighted by molar-refractivity contribution is 5.95. The predicted octanol–water partition coefficient (Wildman–Crippen LogP) is 0.776. The number of amides is 1. The van der Waals surface area contributed by atoms with Crippen LogP contribution in [0.25, 0.3) is 0 Å². The number of nitrogens with zero attached hydrogens (tertiary/aromatic N) is 1. The third kappa shape index (κ3) is 2.63. The SMILES string of the molecule is CCOc1ccc(N2C(=O)COCC2CN)cc1. The van der Waals surface area contributed by atoms with E-state index in [4.69, 9.17) is 15.2 Å². The monoisotopic (exact) mass is 250 g/mol. The van der Waals surface area contributed by atoms with Crippen LogP contribution in [0.4, 0.5) is 5.69 Å². The van der Waals surface area contributed by atoms with Crippen LogP contribution in [0.1, 0.15) is 6.92 Å². The smallest absolute Gasteiger partial charge is 0.253 e. The highest BCUT2D eigenvalue weighted by Crippen LogP contribution is 2.23. The third-order valence-electron chi connectivity index (χ3n) is 2.87. The second kappa shape index (κ2) is 5.84. The molecule has 1 atom stereocenters. The van der Waals surface area contributed by atoms with E-state index in [0.29, 0.717) is 19.8 Å². The summed E-state index contributed by atoms with van der Waals surface area (Å²) in [6.45, 7) is 3.54.